The Bertz CT molecular complexity index is 3660. The summed E-state index contributed by atoms with van der Waals surface area (Å²) in [6, 6.07) is 35.5. The van der Waals surface area contributed by atoms with Crippen molar-refractivity contribution in [2.75, 3.05) is 40.7 Å². The van der Waals surface area contributed by atoms with Crippen LogP contribution in [0.1, 0.15) is 67.1 Å². The van der Waals surface area contributed by atoms with E-state index in [9.17, 15) is 37.2 Å². The minimum Gasteiger partial charge on any atom is -0.491 e. The van der Waals surface area contributed by atoms with Crippen LogP contribution in [0.2, 0.25) is 0 Å². The monoisotopic (exact) mass is 1070 g/mol. The van der Waals surface area contributed by atoms with E-state index in [1.54, 1.807) is 61.8 Å². The molecule has 78 heavy (non-hydrogen) atoms. The third kappa shape index (κ3) is 13.6. The summed E-state index contributed by atoms with van der Waals surface area (Å²) in [6.45, 7) is 2.17. The zero-order valence-electron chi connectivity index (χ0n) is 41.5. The van der Waals surface area contributed by atoms with Gasteiger partial charge in [0.15, 0.2) is 40.5 Å². The molecule has 0 aliphatic rings. The third-order valence-corrected chi connectivity index (χ3v) is 13.0. The van der Waals surface area contributed by atoms with Gasteiger partial charge >= 0.3 is 0 Å². The second-order valence-electron chi connectivity index (χ2n) is 17.0. The van der Waals surface area contributed by atoms with Crippen LogP contribution in [0.25, 0.3) is 21.3 Å². The van der Waals surface area contributed by atoms with Gasteiger partial charge in [0.1, 0.15) is 36.4 Å². The average Bonchev–Trinajstić information content (AvgIpc) is 3.97. The van der Waals surface area contributed by atoms with Gasteiger partial charge in [-0.3, -0.25) is 14.4 Å². The van der Waals surface area contributed by atoms with Gasteiger partial charge in [0.05, 0.1) is 47.3 Å². The molecule has 4 heterocycles. The van der Waals surface area contributed by atoms with Gasteiger partial charge in [0.25, 0.3) is 11.8 Å². The van der Waals surface area contributed by atoms with Crippen LogP contribution in [0.3, 0.4) is 0 Å². The Kier molecular flexibility index (Phi) is 17.7. The number of amides is 3. The Morgan fingerprint density at radius 3 is 2.33 bits per heavy atom. The van der Waals surface area contributed by atoms with E-state index in [4.69, 9.17) is 10.5 Å². The summed E-state index contributed by atoms with van der Waals surface area (Å²) in [5.41, 5.74) is 10.9. The molecule has 22 heteroatoms. The van der Waals surface area contributed by atoms with Crippen molar-refractivity contribution in [2.45, 2.75) is 32.1 Å². The van der Waals surface area contributed by atoms with Crippen molar-refractivity contribution in [1.29, 1.82) is 5.26 Å². The van der Waals surface area contributed by atoms with Gasteiger partial charge in [-0.25, -0.2) is 42.5 Å². The number of hydrogen-bond donors (Lipinski definition) is 7. The number of carbonyl (C=O) groups excluding carboxylic acids is 3. The number of nitrogens with two attached hydrogens (primary N) is 1. The Hall–Kier alpha value is -10.0. The molecule has 0 bridgehead atoms. The van der Waals surface area contributed by atoms with Crippen LogP contribution in [0, 0.1) is 34.6 Å². The van der Waals surface area contributed by atoms with E-state index in [1.807, 2.05) is 66.7 Å². The van der Waals surface area contributed by atoms with Crippen molar-refractivity contribution in [3.63, 3.8) is 0 Å². The van der Waals surface area contributed by atoms with E-state index in [0.717, 1.165) is 56.0 Å². The van der Waals surface area contributed by atoms with E-state index in [2.05, 4.69) is 56.8 Å². The van der Waals surface area contributed by atoms with Crippen molar-refractivity contribution in [1.82, 2.24) is 35.6 Å². The van der Waals surface area contributed by atoms with Crippen LogP contribution in [-0.4, -0.2) is 56.8 Å². The molecule has 0 radical (unpaired) electrons. The number of nitrogens with zero attached hydrogens (tertiary/aromatic N) is 6. The number of nitrogen functional groups attached to an aromatic ring is 1. The summed E-state index contributed by atoms with van der Waals surface area (Å²) in [6.07, 6.45) is 4.86. The summed E-state index contributed by atoms with van der Waals surface area (Å²) in [5.74, 6) is -3.49. The maximum absolute atomic E-state index is 13.7. The lowest BCUT2D eigenvalue weighted by Crippen LogP contribution is -2.29. The highest BCUT2D eigenvalue weighted by molar-refractivity contribution is 7.15. The Labute approximate surface area is 448 Å². The number of nitriles is 1. The van der Waals surface area contributed by atoms with E-state index in [1.165, 1.54) is 24.7 Å². The lowest BCUT2D eigenvalue weighted by molar-refractivity contribution is -0.105. The second-order valence-corrected chi connectivity index (χ2v) is 18.2. The van der Waals surface area contributed by atoms with Gasteiger partial charge in [-0.05, 0) is 102 Å². The number of hydrogen-bond acceptors (Lipinski definition) is 15. The largest absolute Gasteiger partial charge is 0.491 e. The fraction of sp³-hybridized carbons (Fsp3) is 0.125. The zero-order chi connectivity index (χ0) is 55.1. The van der Waals surface area contributed by atoms with Gasteiger partial charge < -0.3 is 42.4 Å². The number of carbonyl (C=O) groups is 3. The Morgan fingerprint density at radius 1 is 0.782 bits per heavy atom. The number of thiophene rings is 1. The van der Waals surface area contributed by atoms with E-state index >= 15 is 0 Å². The summed E-state index contributed by atoms with van der Waals surface area (Å²) >= 11 is 1.54. The molecular formula is C56H47F4N13O4S. The van der Waals surface area contributed by atoms with Crippen molar-refractivity contribution in [3.8, 4) is 22.3 Å². The number of anilines is 5. The number of benzene rings is 5. The highest BCUT2D eigenvalue weighted by atomic mass is 32.1. The molecule has 0 spiro atoms. The van der Waals surface area contributed by atoms with Crippen LogP contribution >= 0.6 is 11.3 Å². The molecular weight excluding hydrogens is 1030 g/mol. The van der Waals surface area contributed by atoms with Crippen LogP contribution in [-0.2, 0) is 17.9 Å². The molecule has 8 N–H and O–H groups in total. The quantitative estimate of drug-likeness (QED) is 0.0294. The first-order valence-electron chi connectivity index (χ1n) is 23.8. The van der Waals surface area contributed by atoms with Crippen LogP contribution in [0.4, 0.5) is 46.4 Å². The minimum atomic E-state index is -1.02. The lowest BCUT2D eigenvalue weighted by Gasteiger charge is -2.22. The summed E-state index contributed by atoms with van der Waals surface area (Å²) in [4.78, 5) is 59.9. The second kappa shape index (κ2) is 25.5. The van der Waals surface area contributed by atoms with Gasteiger partial charge in [-0.1, -0.05) is 48.5 Å². The molecule has 0 fully saturated rings. The number of halogens is 4. The maximum atomic E-state index is 13.7. The molecule has 0 aliphatic carbocycles. The van der Waals surface area contributed by atoms with E-state index in [0.29, 0.717) is 52.8 Å². The molecule has 394 valence electrons. The number of nitrogens with one attached hydrogen (secondary N) is 6. The van der Waals surface area contributed by atoms with Crippen molar-refractivity contribution in [2.24, 2.45) is 0 Å². The molecule has 2 unspecified atom stereocenters. The number of pyridine rings is 1. The smallest absolute Gasteiger partial charge is 0.274 e. The molecule has 17 nitrogen and oxygen atoms in total. The van der Waals surface area contributed by atoms with Crippen molar-refractivity contribution in [3.05, 3.63) is 208 Å². The first kappa shape index (κ1) is 54.3. The first-order valence-corrected chi connectivity index (χ1v) is 24.6. The number of ether oxygens (including phenoxy) is 1. The summed E-state index contributed by atoms with van der Waals surface area (Å²) in [5, 5.41) is 27.5. The van der Waals surface area contributed by atoms with Gasteiger partial charge in [0, 0.05) is 41.0 Å². The first-order chi connectivity index (χ1) is 37.8. The average molecular weight is 1070 g/mol. The topological polar surface area (TPSA) is 247 Å². The molecule has 5 aromatic carbocycles. The van der Waals surface area contributed by atoms with E-state index in [-0.39, 0.29) is 42.0 Å². The molecule has 3 amide bonds. The van der Waals surface area contributed by atoms with Gasteiger partial charge in [-0.2, -0.15) is 5.26 Å². The number of fused-ring (bicyclic) bond motifs is 1. The molecule has 4 aromatic heterocycles. The maximum Gasteiger partial charge on any atom is 0.274 e. The predicted molar refractivity (Wildman–Crippen MR) is 289 cm³/mol. The van der Waals surface area contributed by atoms with Crippen molar-refractivity contribution >= 4 is 69.3 Å². The molecule has 0 saturated carbocycles. The van der Waals surface area contributed by atoms with Crippen LogP contribution in [0.5, 0.6) is 5.75 Å². The van der Waals surface area contributed by atoms with Crippen molar-refractivity contribution < 1.29 is 36.7 Å². The number of aromatic nitrogens is 5. The SMILES string of the molecule is CC(NC(=O)c1nc(C#N)cnc1NCc1ccc(-c2ccc3ncnc(N)c3c2)s1)c1ccc(F)c(F)c1.CNc1cc(OCC(Nc2ncccc2C(=O)NCc2ccc(F)c(F)c2)c2ccccc2)ccc1NC=O. The normalized spacial score (nSPS) is 11.4. The van der Waals surface area contributed by atoms with Gasteiger partial charge in [-0.15, -0.1) is 11.3 Å². The molecule has 0 aliphatic heterocycles. The van der Waals surface area contributed by atoms with Gasteiger partial charge in [0.2, 0.25) is 6.41 Å². The zero-order valence-corrected chi connectivity index (χ0v) is 42.3. The summed E-state index contributed by atoms with van der Waals surface area (Å²) < 4.78 is 59.8. The highest BCUT2D eigenvalue weighted by Crippen LogP contribution is 2.33. The summed E-state index contributed by atoms with van der Waals surface area (Å²) in [7, 11) is 1.74. The molecule has 9 rings (SSSR count). The third-order valence-electron chi connectivity index (χ3n) is 11.8. The number of rotatable bonds is 19. The van der Waals surface area contributed by atoms with Crippen LogP contribution in [0.15, 0.2) is 146 Å². The predicted octanol–water partition coefficient (Wildman–Crippen LogP) is 10.1. The molecule has 0 saturated heterocycles. The Morgan fingerprint density at radius 2 is 1.58 bits per heavy atom. The fourth-order valence-corrected chi connectivity index (χ4v) is 8.72. The molecule has 2 atom stereocenters. The van der Waals surface area contributed by atoms with E-state index < -0.39 is 41.1 Å². The lowest BCUT2D eigenvalue weighted by atomic mass is 10.1. The molecule has 9 aromatic rings. The fourth-order valence-electron chi connectivity index (χ4n) is 7.78. The highest BCUT2D eigenvalue weighted by Gasteiger charge is 2.22. The minimum absolute atomic E-state index is 0.0122. The van der Waals surface area contributed by atoms with Crippen LogP contribution < -0.4 is 42.4 Å². The Balaban J connectivity index is 0.000000206. The standard InChI is InChI=1S/C29H27F2N5O3.C27H20F2N8OS/c1-32-26-15-21(10-12-25(26)35-18-37)39-17-27(20-6-3-2-4-7-20)36-28-22(8-5-13-33-28)29(38)34-16-19-9-11-23(30)24(31)14-19;1-14(15-2-5-20(28)21(29)9-15)36-27(38)24-26(32-11-17(10-30)37-24)33-12-18-4-7-23(39-18)16-3-6-22-19(8-16)25(31)35-13-34-22/h2-15,18,27,32H,16-17H2,1H3,(H,33,36)(H,34,38)(H,35,37);2-9,11,13-14H,12H2,1H3,(H,32,33)(H,36,38)(H2,31,34,35).